The van der Waals surface area contributed by atoms with Gasteiger partial charge in [0.1, 0.15) is 5.75 Å². The topological polar surface area (TPSA) is 47.3 Å². The van der Waals surface area contributed by atoms with Crippen LogP contribution in [0.4, 0.5) is 0 Å². The first kappa shape index (κ1) is 18.2. The Kier molecular flexibility index (Phi) is 6.05. The summed E-state index contributed by atoms with van der Waals surface area (Å²) in [4.78, 5) is 0. The van der Waals surface area contributed by atoms with Gasteiger partial charge in [0.15, 0.2) is 0 Å². The Morgan fingerprint density at radius 1 is 0.769 bits per heavy atom. The van der Waals surface area contributed by atoms with Gasteiger partial charge < -0.3 is 10.5 Å². The third-order valence-corrected chi connectivity index (χ3v) is 4.71. The van der Waals surface area contributed by atoms with E-state index in [0.29, 0.717) is 6.54 Å². The molecule has 134 valence electrons. The molecule has 0 aromatic heterocycles. The number of methoxy groups -OCH3 is 1. The van der Waals surface area contributed by atoms with Gasteiger partial charge in [0, 0.05) is 0 Å². The van der Waals surface area contributed by atoms with Crippen molar-refractivity contribution in [3.63, 3.8) is 0 Å². The fourth-order valence-electron chi connectivity index (χ4n) is 3.40. The van der Waals surface area contributed by atoms with Crippen molar-refractivity contribution in [2.24, 2.45) is 5.73 Å². The molecule has 3 aromatic rings. The van der Waals surface area contributed by atoms with Crippen molar-refractivity contribution in [1.82, 2.24) is 5.32 Å². The van der Waals surface area contributed by atoms with Crippen molar-refractivity contribution in [1.29, 1.82) is 0 Å². The van der Waals surface area contributed by atoms with E-state index in [0.717, 1.165) is 18.7 Å². The normalized spacial score (nSPS) is 11.3. The summed E-state index contributed by atoms with van der Waals surface area (Å²) in [5.41, 5.74) is 8.89. The molecule has 0 fully saturated rings. The summed E-state index contributed by atoms with van der Waals surface area (Å²) in [7, 11) is 1.69. The number of hydrogen-bond donors (Lipinski definition) is 2. The summed E-state index contributed by atoms with van der Waals surface area (Å²) in [6.07, 6.45) is 0.914. The van der Waals surface area contributed by atoms with Gasteiger partial charge in [-0.15, -0.1) is 0 Å². The number of rotatable bonds is 8. The van der Waals surface area contributed by atoms with E-state index in [-0.39, 0.29) is 0 Å². The van der Waals surface area contributed by atoms with Crippen LogP contribution < -0.4 is 15.8 Å². The van der Waals surface area contributed by atoms with Crippen LogP contribution >= 0.6 is 0 Å². The minimum Gasteiger partial charge on any atom is -0.497 e. The molecule has 3 heteroatoms. The van der Waals surface area contributed by atoms with E-state index in [9.17, 15) is 0 Å². The first-order chi connectivity index (χ1) is 12.8. The highest BCUT2D eigenvalue weighted by Crippen LogP contribution is 2.37. The fraction of sp³-hybridized carbons (Fsp3) is 0.217. The summed E-state index contributed by atoms with van der Waals surface area (Å²) < 4.78 is 5.35. The molecule has 0 saturated carbocycles. The average molecular weight is 346 g/mol. The SMILES string of the molecule is COc1ccc(C(NCCCN)(c2ccccc2)c2ccccc2)cc1. The van der Waals surface area contributed by atoms with Gasteiger partial charge in [0.05, 0.1) is 12.6 Å². The molecule has 26 heavy (non-hydrogen) atoms. The Bertz CT molecular complexity index is 746. The van der Waals surface area contributed by atoms with Crippen molar-refractivity contribution in [3.05, 3.63) is 102 Å². The highest BCUT2D eigenvalue weighted by molar-refractivity contribution is 5.50. The highest BCUT2D eigenvalue weighted by Gasteiger charge is 2.35. The van der Waals surface area contributed by atoms with Gasteiger partial charge in [-0.2, -0.15) is 0 Å². The van der Waals surface area contributed by atoms with Crippen LogP contribution in [-0.4, -0.2) is 20.2 Å². The number of ether oxygens (including phenoxy) is 1. The van der Waals surface area contributed by atoms with Crippen molar-refractivity contribution >= 4 is 0 Å². The second kappa shape index (κ2) is 8.65. The number of nitrogens with two attached hydrogens (primary N) is 1. The molecule has 0 saturated heterocycles. The van der Waals surface area contributed by atoms with E-state index in [2.05, 4.69) is 66.0 Å². The Balaban J connectivity index is 2.19. The van der Waals surface area contributed by atoms with Crippen LogP contribution in [0.2, 0.25) is 0 Å². The van der Waals surface area contributed by atoms with E-state index in [4.69, 9.17) is 10.5 Å². The largest absolute Gasteiger partial charge is 0.497 e. The maximum atomic E-state index is 5.76. The number of hydrogen-bond acceptors (Lipinski definition) is 3. The average Bonchev–Trinajstić information content (AvgIpc) is 2.73. The van der Waals surface area contributed by atoms with Crippen LogP contribution in [-0.2, 0) is 5.54 Å². The summed E-state index contributed by atoms with van der Waals surface area (Å²) in [6, 6.07) is 29.4. The zero-order chi connectivity index (χ0) is 18.2. The first-order valence-corrected chi connectivity index (χ1v) is 9.02. The summed E-state index contributed by atoms with van der Waals surface area (Å²) in [5.74, 6) is 0.853. The Morgan fingerprint density at radius 3 is 1.73 bits per heavy atom. The molecule has 0 aliphatic heterocycles. The van der Waals surface area contributed by atoms with Gasteiger partial charge in [-0.1, -0.05) is 72.8 Å². The lowest BCUT2D eigenvalue weighted by Crippen LogP contribution is -2.45. The second-order valence-electron chi connectivity index (χ2n) is 6.28. The molecule has 0 heterocycles. The van der Waals surface area contributed by atoms with Crippen LogP contribution in [0.3, 0.4) is 0 Å². The minimum absolute atomic E-state index is 0.441. The molecule has 3 rings (SSSR count). The van der Waals surface area contributed by atoms with Crippen molar-refractivity contribution in [3.8, 4) is 5.75 Å². The standard InChI is InChI=1S/C23H26N2O/c1-26-22-15-13-21(14-16-22)23(25-18-8-17-24,19-9-4-2-5-10-19)20-11-6-3-7-12-20/h2-7,9-16,25H,8,17-18,24H2,1H3. The monoisotopic (exact) mass is 346 g/mol. The molecule has 0 amide bonds. The summed E-state index contributed by atoms with van der Waals surface area (Å²) >= 11 is 0. The maximum absolute atomic E-state index is 5.76. The molecule has 3 nitrogen and oxygen atoms in total. The summed E-state index contributed by atoms with van der Waals surface area (Å²) in [5, 5.41) is 3.80. The maximum Gasteiger partial charge on any atom is 0.118 e. The molecule has 0 atom stereocenters. The van der Waals surface area contributed by atoms with E-state index in [1.54, 1.807) is 7.11 Å². The lowest BCUT2D eigenvalue weighted by molar-refractivity contribution is 0.413. The van der Waals surface area contributed by atoms with Gasteiger partial charge in [-0.25, -0.2) is 0 Å². The minimum atomic E-state index is -0.441. The quantitative estimate of drug-likeness (QED) is 0.480. The molecule has 0 aliphatic rings. The van der Waals surface area contributed by atoms with Crippen molar-refractivity contribution in [2.75, 3.05) is 20.2 Å². The van der Waals surface area contributed by atoms with Crippen LogP contribution in [0.5, 0.6) is 5.75 Å². The smallest absolute Gasteiger partial charge is 0.118 e. The van der Waals surface area contributed by atoms with Gasteiger partial charge in [0.25, 0.3) is 0 Å². The van der Waals surface area contributed by atoms with Gasteiger partial charge in [0.2, 0.25) is 0 Å². The second-order valence-corrected chi connectivity index (χ2v) is 6.28. The van der Waals surface area contributed by atoms with E-state index >= 15 is 0 Å². The fourth-order valence-corrected chi connectivity index (χ4v) is 3.40. The lowest BCUT2D eigenvalue weighted by Gasteiger charge is -2.37. The Morgan fingerprint density at radius 2 is 1.27 bits per heavy atom. The summed E-state index contributed by atoms with van der Waals surface area (Å²) in [6.45, 7) is 1.49. The van der Waals surface area contributed by atoms with E-state index in [1.165, 1.54) is 16.7 Å². The predicted molar refractivity (Wildman–Crippen MR) is 107 cm³/mol. The first-order valence-electron chi connectivity index (χ1n) is 9.02. The van der Waals surface area contributed by atoms with Crippen LogP contribution in [0.1, 0.15) is 23.1 Å². The predicted octanol–water partition coefficient (Wildman–Crippen LogP) is 3.93. The third kappa shape index (κ3) is 3.64. The third-order valence-electron chi connectivity index (χ3n) is 4.71. The van der Waals surface area contributed by atoms with Crippen molar-refractivity contribution in [2.45, 2.75) is 12.0 Å². The molecule has 3 aromatic carbocycles. The number of nitrogens with one attached hydrogen (secondary N) is 1. The van der Waals surface area contributed by atoms with E-state index in [1.807, 2.05) is 24.3 Å². The highest BCUT2D eigenvalue weighted by atomic mass is 16.5. The molecule has 0 aliphatic carbocycles. The molecule has 0 bridgehead atoms. The molecule has 3 N–H and O–H groups in total. The lowest BCUT2D eigenvalue weighted by atomic mass is 9.77. The van der Waals surface area contributed by atoms with E-state index < -0.39 is 5.54 Å². The Labute approximate surface area is 155 Å². The van der Waals surface area contributed by atoms with Gasteiger partial charge in [-0.05, 0) is 48.3 Å². The zero-order valence-corrected chi connectivity index (χ0v) is 15.2. The molecular formula is C23H26N2O. The Hall–Kier alpha value is -2.62. The van der Waals surface area contributed by atoms with Crippen molar-refractivity contribution < 1.29 is 4.74 Å². The molecule has 0 radical (unpaired) electrons. The van der Waals surface area contributed by atoms with Gasteiger partial charge in [-0.3, -0.25) is 5.32 Å². The van der Waals surface area contributed by atoms with Crippen LogP contribution in [0.25, 0.3) is 0 Å². The zero-order valence-electron chi connectivity index (χ0n) is 15.2. The number of benzene rings is 3. The molecular weight excluding hydrogens is 320 g/mol. The van der Waals surface area contributed by atoms with Gasteiger partial charge >= 0.3 is 0 Å². The van der Waals surface area contributed by atoms with Crippen LogP contribution in [0, 0.1) is 0 Å². The molecule has 0 unspecified atom stereocenters. The van der Waals surface area contributed by atoms with Crippen LogP contribution in [0.15, 0.2) is 84.9 Å². The molecule has 0 spiro atoms.